The summed E-state index contributed by atoms with van der Waals surface area (Å²) in [4.78, 5) is 12.7. The van der Waals surface area contributed by atoms with Crippen LogP contribution in [0.2, 0.25) is 0 Å². The largest absolute Gasteiger partial charge is 0.478 e. The lowest BCUT2D eigenvalue weighted by Gasteiger charge is -2.09. The Labute approximate surface area is 119 Å². The molecule has 0 amide bonds. The van der Waals surface area contributed by atoms with E-state index in [1.165, 1.54) is 0 Å². The second kappa shape index (κ2) is 6.84. The standard InChI is InChI=1S/C15H20N4O/c1-4-20-15-6-5-12(9-17-15)13-7-14(19-10-18-13)16-8-11(2)3/h5-7,9-11H,4,8H2,1-3H3,(H,16,18,19). The second-order valence-electron chi connectivity index (χ2n) is 4.88. The first-order valence-corrected chi connectivity index (χ1v) is 6.84. The lowest BCUT2D eigenvalue weighted by atomic mass is 10.2. The van der Waals surface area contributed by atoms with Gasteiger partial charge in [-0.25, -0.2) is 15.0 Å². The summed E-state index contributed by atoms with van der Waals surface area (Å²) >= 11 is 0. The van der Waals surface area contributed by atoms with Crippen molar-refractivity contribution >= 4 is 5.82 Å². The van der Waals surface area contributed by atoms with Crippen molar-refractivity contribution in [2.24, 2.45) is 5.92 Å². The van der Waals surface area contributed by atoms with Crippen molar-refractivity contribution in [3.63, 3.8) is 0 Å². The van der Waals surface area contributed by atoms with Gasteiger partial charge < -0.3 is 10.1 Å². The van der Waals surface area contributed by atoms with Gasteiger partial charge in [-0.1, -0.05) is 13.8 Å². The van der Waals surface area contributed by atoms with E-state index in [0.29, 0.717) is 18.4 Å². The molecule has 0 saturated heterocycles. The summed E-state index contributed by atoms with van der Waals surface area (Å²) in [6.07, 6.45) is 3.33. The van der Waals surface area contributed by atoms with Crippen LogP contribution in [-0.2, 0) is 0 Å². The molecule has 2 rings (SSSR count). The zero-order valence-corrected chi connectivity index (χ0v) is 12.1. The predicted molar refractivity (Wildman–Crippen MR) is 79.8 cm³/mol. The molecular weight excluding hydrogens is 252 g/mol. The van der Waals surface area contributed by atoms with Crippen LogP contribution >= 0.6 is 0 Å². The molecule has 2 aromatic heterocycles. The Balaban J connectivity index is 2.13. The maximum absolute atomic E-state index is 5.33. The molecule has 5 heteroatoms. The van der Waals surface area contributed by atoms with Gasteiger partial charge in [0.15, 0.2) is 0 Å². The van der Waals surface area contributed by atoms with Crippen LogP contribution in [0.15, 0.2) is 30.7 Å². The first kappa shape index (κ1) is 14.2. The van der Waals surface area contributed by atoms with Crippen LogP contribution in [0.4, 0.5) is 5.82 Å². The van der Waals surface area contributed by atoms with E-state index < -0.39 is 0 Å². The van der Waals surface area contributed by atoms with E-state index in [1.54, 1.807) is 12.5 Å². The highest BCUT2D eigenvalue weighted by Crippen LogP contribution is 2.19. The molecule has 1 N–H and O–H groups in total. The Morgan fingerprint density at radius 2 is 2.05 bits per heavy atom. The molecule has 2 aromatic rings. The molecule has 2 heterocycles. The average Bonchev–Trinajstić information content (AvgIpc) is 2.47. The van der Waals surface area contributed by atoms with E-state index in [2.05, 4.69) is 34.1 Å². The first-order chi connectivity index (χ1) is 9.69. The Morgan fingerprint density at radius 1 is 1.20 bits per heavy atom. The summed E-state index contributed by atoms with van der Waals surface area (Å²) in [5.41, 5.74) is 1.80. The Hall–Kier alpha value is -2.17. The van der Waals surface area contributed by atoms with Gasteiger partial charge in [0.2, 0.25) is 5.88 Å². The van der Waals surface area contributed by atoms with Crippen LogP contribution in [0.25, 0.3) is 11.3 Å². The molecule has 0 radical (unpaired) electrons. The highest BCUT2D eigenvalue weighted by Gasteiger charge is 2.04. The van der Waals surface area contributed by atoms with Crippen LogP contribution in [-0.4, -0.2) is 28.1 Å². The first-order valence-electron chi connectivity index (χ1n) is 6.84. The average molecular weight is 272 g/mol. The fraction of sp³-hybridized carbons (Fsp3) is 0.400. The van der Waals surface area contributed by atoms with Gasteiger partial charge in [-0.05, 0) is 18.9 Å². The van der Waals surface area contributed by atoms with Gasteiger partial charge in [-0.15, -0.1) is 0 Å². The van der Waals surface area contributed by atoms with E-state index in [0.717, 1.165) is 23.6 Å². The zero-order valence-electron chi connectivity index (χ0n) is 12.1. The molecule has 0 aliphatic carbocycles. The van der Waals surface area contributed by atoms with Gasteiger partial charge >= 0.3 is 0 Å². The van der Waals surface area contributed by atoms with Crippen LogP contribution in [0.3, 0.4) is 0 Å². The summed E-state index contributed by atoms with van der Waals surface area (Å²) in [7, 11) is 0. The van der Waals surface area contributed by atoms with Gasteiger partial charge in [-0.3, -0.25) is 0 Å². The summed E-state index contributed by atoms with van der Waals surface area (Å²) in [6.45, 7) is 7.75. The quantitative estimate of drug-likeness (QED) is 0.876. The number of anilines is 1. The molecule has 0 atom stereocenters. The Morgan fingerprint density at radius 3 is 2.70 bits per heavy atom. The van der Waals surface area contributed by atoms with E-state index in [9.17, 15) is 0 Å². The fourth-order valence-corrected chi connectivity index (χ4v) is 1.69. The van der Waals surface area contributed by atoms with Crippen molar-refractivity contribution < 1.29 is 4.74 Å². The number of pyridine rings is 1. The minimum Gasteiger partial charge on any atom is -0.478 e. The molecule has 0 aliphatic rings. The maximum atomic E-state index is 5.33. The van der Waals surface area contributed by atoms with Gasteiger partial charge in [0.05, 0.1) is 12.3 Å². The third-order valence-electron chi connectivity index (χ3n) is 2.68. The van der Waals surface area contributed by atoms with Gasteiger partial charge in [-0.2, -0.15) is 0 Å². The molecule has 0 saturated carbocycles. The zero-order chi connectivity index (χ0) is 14.4. The molecule has 0 spiro atoms. The summed E-state index contributed by atoms with van der Waals surface area (Å²) in [6, 6.07) is 5.73. The number of nitrogens with zero attached hydrogens (tertiary/aromatic N) is 3. The number of ether oxygens (including phenoxy) is 1. The van der Waals surface area contributed by atoms with Gasteiger partial charge in [0.25, 0.3) is 0 Å². The van der Waals surface area contributed by atoms with Crippen molar-refractivity contribution in [1.82, 2.24) is 15.0 Å². The minimum atomic E-state index is 0.570. The van der Waals surface area contributed by atoms with Gasteiger partial charge in [0.1, 0.15) is 12.1 Å². The molecule has 0 aliphatic heterocycles. The number of hydrogen-bond donors (Lipinski definition) is 1. The lowest BCUT2D eigenvalue weighted by molar-refractivity contribution is 0.327. The third-order valence-corrected chi connectivity index (χ3v) is 2.68. The summed E-state index contributed by atoms with van der Waals surface area (Å²) < 4.78 is 5.33. The Bertz CT molecular complexity index is 540. The van der Waals surface area contributed by atoms with Crippen molar-refractivity contribution in [2.75, 3.05) is 18.5 Å². The third kappa shape index (κ3) is 3.91. The predicted octanol–water partition coefficient (Wildman–Crippen LogP) is 3.01. The van der Waals surface area contributed by atoms with Crippen LogP contribution in [0.1, 0.15) is 20.8 Å². The molecule has 0 unspecified atom stereocenters. The summed E-state index contributed by atoms with van der Waals surface area (Å²) in [5, 5.41) is 3.29. The topological polar surface area (TPSA) is 59.9 Å². The van der Waals surface area contributed by atoms with Gasteiger partial charge in [0, 0.05) is 30.4 Å². The van der Waals surface area contributed by atoms with Crippen LogP contribution in [0.5, 0.6) is 5.88 Å². The maximum Gasteiger partial charge on any atom is 0.213 e. The molecule has 106 valence electrons. The van der Waals surface area contributed by atoms with E-state index in [1.807, 2.05) is 25.1 Å². The normalized spacial score (nSPS) is 10.6. The highest BCUT2D eigenvalue weighted by molar-refractivity contribution is 5.61. The minimum absolute atomic E-state index is 0.570. The molecule has 5 nitrogen and oxygen atoms in total. The number of hydrogen-bond acceptors (Lipinski definition) is 5. The van der Waals surface area contributed by atoms with Crippen molar-refractivity contribution in [1.29, 1.82) is 0 Å². The molecule has 0 aromatic carbocycles. The number of nitrogens with one attached hydrogen (secondary N) is 1. The number of aromatic nitrogens is 3. The van der Waals surface area contributed by atoms with E-state index >= 15 is 0 Å². The number of rotatable bonds is 6. The van der Waals surface area contributed by atoms with Crippen LogP contribution < -0.4 is 10.1 Å². The monoisotopic (exact) mass is 272 g/mol. The summed E-state index contributed by atoms with van der Waals surface area (Å²) in [5.74, 6) is 2.03. The molecule has 20 heavy (non-hydrogen) atoms. The molecular formula is C15H20N4O. The Kier molecular flexibility index (Phi) is 4.87. The van der Waals surface area contributed by atoms with Crippen LogP contribution in [0, 0.1) is 5.92 Å². The smallest absolute Gasteiger partial charge is 0.213 e. The highest BCUT2D eigenvalue weighted by atomic mass is 16.5. The lowest BCUT2D eigenvalue weighted by Crippen LogP contribution is -2.09. The van der Waals surface area contributed by atoms with Crippen molar-refractivity contribution in [3.8, 4) is 17.1 Å². The van der Waals surface area contributed by atoms with E-state index in [4.69, 9.17) is 4.74 Å². The van der Waals surface area contributed by atoms with Crippen molar-refractivity contribution in [3.05, 3.63) is 30.7 Å². The fourth-order valence-electron chi connectivity index (χ4n) is 1.69. The van der Waals surface area contributed by atoms with E-state index in [-0.39, 0.29) is 0 Å². The molecule has 0 fully saturated rings. The molecule has 0 bridgehead atoms. The van der Waals surface area contributed by atoms with Crippen molar-refractivity contribution in [2.45, 2.75) is 20.8 Å². The SMILES string of the molecule is CCOc1ccc(-c2cc(NCC(C)C)ncn2)cn1. The second-order valence-corrected chi connectivity index (χ2v) is 4.88.